The summed E-state index contributed by atoms with van der Waals surface area (Å²) in [5.41, 5.74) is 2.10. The Balaban J connectivity index is 1.50. The highest BCUT2D eigenvalue weighted by Crippen LogP contribution is 2.35. The molecule has 7 heteroatoms. The van der Waals surface area contributed by atoms with Crippen LogP contribution in [0.1, 0.15) is 52.8 Å². The van der Waals surface area contributed by atoms with Crippen molar-refractivity contribution >= 4 is 16.9 Å². The molecule has 1 saturated carbocycles. The average molecular weight is 362 g/mol. The van der Waals surface area contributed by atoms with Gasteiger partial charge in [0.15, 0.2) is 0 Å². The number of hydrogen-bond donors (Lipinski definition) is 2. The first-order valence-electron chi connectivity index (χ1n) is 9.15. The number of hydrogen-bond acceptors (Lipinski definition) is 4. The van der Waals surface area contributed by atoms with E-state index in [1.807, 2.05) is 18.2 Å². The third kappa shape index (κ3) is 2.66. The topological polar surface area (TPSA) is 96.8 Å². The van der Waals surface area contributed by atoms with E-state index in [4.69, 9.17) is 0 Å². The third-order valence-electron chi connectivity index (χ3n) is 5.39. The van der Waals surface area contributed by atoms with E-state index in [1.54, 1.807) is 0 Å². The van der Waals surface area contributed by atoms with Crippen molar-refractivity contribution in [3.8, 4) is 0 Å². The highest BCUT2D eigenvalue weighted by Gasteiger charge is 2.28. The fourth-order valence-electron chi connectivity index (χ4n) is 3.88. The number of carbonyl (C=O) groups is 1. The number of amides is 1. The Morgan fingerprint density at radius 3 is 2.81 bits per heavy atom. The van der Waals surface area contributed by atoms with Crippen molar-refractivity contribution in [2.75, 3.05) is 0 Å². The zero-order chi connectivity index (χ0) is 18.5. The maximum atomic E-state index is 12.7. The van der Waals surface area contributed by atoms with Crippen molar-refractivity contribution in [1.82, 2.24) is 19.9 Å². The summed E-state index contributed by atoms with van der Waals surface area (Å²) in [6.45, 7) is 0. The van der Waals surface area contributed by atoms with E-state index in [1.165, 1.54) is 22.4 Å². The molecule has 136 valence electrons. The molecule has 0 aliphatic heterocycles. The number of benzene rings is 1. The van der Waals surface area contributed by atoms with Crippen LogP contribution >= 0.6 is 0 Å². The van der Waals surface area contributed by atoms with Gasteiger partial charge in [-0.3, -0.25) is 19.1 Å². The zero-order valence-corrected chi connectivity index (χ0v) is 14.6. The highest BCUT2D eigenvalue weighted by molar-refractivity contribution is 5.97. The third-order valence-corrected chi connectivity index (χ3v) is 5.39. The summed E-state index contributed by atoms with van der Waals surface area (Å²) in [4.78, 5) is 43.7. The van der Waals surface area contributed by atoms with Gasteiger partial charge in [-0.2, -0.15) is 0 Å². The lowest BCUT2D eigenvalue weighted by Gasteiger charge is -2.14. The normalized spacial score (nSPS) is 18.4. The van der Waals surface area contributed by atoms with Crippen LogP contribution in [0, 0.1) is 0 Å². The van der Waals surface area contributed by atoms with Gasteiger partial charge in [0, 0.05) is 12.2 Å². The number of nitrogens with zero attached hydrogens (tertiary/aromatic N) is 2. The summed E-state index contributed by atoms with van der Waals surface area (Å²) >= 11 is 0. The molecule has 2 aromatic heterocycles. The molecule has 27 heavy (non-hydrogen) atoms. The number of aryl methyl sites for hydroxylation is 1. The number of aromatic amines is 1. The minimum absolute atomic E-state index is 0.0388. The lowest BCUT2D eigenvalue weighted by atomic mass is 10.1. The van der Waals surface area contributed by atoms with Crippen LogP contribution in [0.5, 0.6) is 0 Å². The van der Waals surface area contributed by atoms with Gasteiger partial charge in [-0.15, -0.1) is 0 Å². The van der Waals surface area contributed by atoms with Crippen LogP contribution in [0.25, 0.3) is 11.0 Å². The van der Waals surface area contributed by atoms with Crippen LogP contribution in [0.3, 0.4) is 0 Å². The molecule has 1 fully saturated rings. The lowest BCUT2D eigenvalue weighted by Crippen LogP contribution is -2.31. The number of nitrogens with one attached hydrogen (secondary N) is 2. The van der Waals surface area contributed by atoms with Gasteiger partial charge < -0.3 is 5.32 Å². The first kappa shape index (κ1) is 16.0. The number of carbonyl (C=O) groups excluding carboxylic acids is 1. The zero-order valence-electron chi connectivity index (χ0n) is 14.6. The Morgan fingerprint density at radius 1 is 1.19 bits per heavy atom. The fraction of sp³-hybridized carbons (Fsp3) is 0.300. The van der Waals surface area contributed by atoms with Crippen LogP contribution in [0.2, 0.25) is 0 Å². The molecule has 5 rings (SSSR count). The van der Waals surface area contributed by atoms with Gasteiger partial charge in [0.1, 0.15) is 5.65 Å². The molecule has 0 saturated heterocycles. The van der Waals surface area contributed by atoms with E-state index in [-0.39, 0.29) is 23.4 Å². The highest BCUT2D eigenvalue weighted by atomic mass is 16.2. The van der Waals surface area contributed by atoms with Crippen LogP contribution in [-0.4, -0.2) is 20.4 Å². The Morgan fingerprint density at radius 2 is 2.00 bits per heavy atom. The SMILES string of the molecule is O=C(NC1CCc2ccccc21)c1cnc2c(c1)c(=O)[nH]c(=O)n2C1CC1. The molecule has 1 amide bonds. The van der Waals surface area contributed by atoms with E-state index in [2.05, 4.69) is 21.4 Å². The standard InChI is InChI=1S/C20H18N4O3/c25-18(22-16-8-5-11-3-1-2-4-14(11)16)12-9-15-17(21-10-12)24(13-6-7-13)20(27)23-19(15)26/h1-4,9-10,13,16H,5-8H2,(H,22,25)(H,23,26,27). The molecular weight excluding hydrogens is 344 g/mol. The van der Waals surface area contributed by atoms with Crippen LogP contribution in [0.4, 0.5) is 0 Å². The van der Waals surface area contributed by atoms with Crippen molar-refractivity contribution < 1.29 is 4.79 Å². The Labute approximate surface area is 154 Å². The van der Waals surface area contributed by atoms with E-state index in [0.29, 0.717) is 11.2 Å². The lowest BCUT2D eigenvalue weighted by molar-refractivity contribution is 0.0936. The molecule has 0 spiro atoms. The largest absolute Gasteiger partial charge is 0.345 e. The summed E-state index contributed by atoms with van der Waals surface area (Å²) in [5, 5.41) is 3.30. The van der Waals surface area contributed by atoms with Gasteiger partial charge in [-0.05, 0) is 42.9 Å². The van der Waals surface area contributed by atoms with Crippen LogP contribution in [-0.2, 0) is 6.42 Å². The van der Waals surface area contributed by atoms with Crippen molar-refractivity contribution in [3.63, 3.8) is 0 Å². The predicted molar refractivity (Wildman–Crippen MR) is 99.9 cm³/mol. The second-order valence-electron chi connectivity index (χ2n) is 7.22. The summed E-state index contributed by atoms with van der Waals surface area (Å²) in [7, 11) is 0. The van der Waals surface area contributed by atoms with Crippen molar-refractivity contribution in [3.05, 3.63) is 74.1 Å². The number of aromatic nitrogens is 3. The summed E-state index contributed by atoms with van der Waals surface area (Å²) in [6, 6.07) is 9.65. The molecule has 2 aliphatic rings. The summed E-state index contributed by atoms with van der Waals surface area (Å²) in [6.07, 6.45) is 5.02. The molecule has 1 aromatic carbocycles. The Kier molecular flexibility index (Phi) is 3.50. The van der Waals surface area contributed by atoms with E-state index < -0.39 is 11.2 Å². The minimum Gasteiger partial charge on any atom is -0.345 e. The molecule has 2 N–H and O–H groups in total. The molecule has 1 unspecified atom stereocenters. The monoisotopic (exact) mass is 362 g/mol. The second kappa shape index (κ2) is 5.90. The van der Waals surface area contributed by atoms with Crippen molar-refractivity contribution in [2.24, 2.45) is 0 Å². The van der Waals surface area contributed by atoms with Crippen LogP contribution < -0.4 is 16.6 Å². The van der Waals surface area contributed by atoms with Gasteiger partial charge in [0.25, 0.3) is 11.5 Å². The van der Waals surface area contributed by atoms with E-state index in [9.17, 15) is 14.4 Å². The molecule has 1 atom stereocenters. The Bertz CT molecular complexity index is 1190. The van der Waals surface area contributed by atoms with Gasteiger partial charge >= 0.3 is 5.69 Å². The fourth-order valence-corrected chi connectivity index (χ4v) is 3.88. The van der Waals surface area contributed by atoms with E-state index in [0.717, 1.165) is 31.2 Å². The average Bonchev–Trinajstić information content (AvgIpc) is 3.42. The molecule has 0 radical (unpaired) electrons. The van der Waals surface area contributed by atoms with Gasteiger partial charge in [-0.1, -0.05) is 24.3 Å². The molecule has 2 heterocycles. The number of pyridine rings is 1. The summed E-state index contributed by atoms with van der Waals surface area (Å²) in [5.74, 6) is -0.269. The molecular formula is C20H18N4O3. The Hall–Kier alpha value is -3.22. The number of H-pyrrole nitrogens is 1. The van der Waals surface area contributed by atoms with Crippen molar-refractivity contribution in [2.45, 2.75) is 37.8 Å². The van der Waals surface area contributed by atoms with Crippen molar-refractivity contribution in [1.29, 1.82) is 0 Å². The minimum atomic E-state index is -0.514. The molecule has 2 aliphatic carbocycles. The second-order valence-corrected chi connectivity index (χ2v) is 7.22. The summed E-state index contributed by atoms with van der Waals surface area (Å²) < 4.78 is 1.52. The van der Waals surface area contributed by atoms with Gasteiger partial charge in [0.05, 0.1) is 17.0 Å². The quantitative estimate of drug-likeness (QED) is 0.743. The number of rotatable bonds is 3. The maximum Gasteiger partial charge on any atom is 0.330 e. The first-order valence-corrected chi connectivity index (χ1v) is 9.15. The molecule has 7 nitrogen and oxygen atoms in total. The van der Waals surface area contributed by atoms with Gasteiger partial charge in [-0.25, -0.2) is 9.78 Å². The first-order chi connectivity index (χ1) is 13.1. The smallest absolute Gasteiger partial charge is 0.330 e. The van der Waals surface area contributed by atoms with Gasteiger partial charge in [0.2, 0.25) is 0 Å². The maximum absolute atomic E-state index is 12.7. The predicted octanol–water partition coefficient (Wildman–Crippen LogP) is 1.84. The van der Waals surface area contributed by atoms with E-state index >= 15 is 0 Å². The molecule has 0 bridgehead atoms. The number of fused-ring (bicyclic) bond motifs is 2. The molecule has 3 aromatic rings. The van der Waals surface area contributed by atoms with Crippen LogP contribution in [0.15, 0.2) is 46.1 Å².